The fourth-order valence-electron chi connectivity index (χ4n) is 4.99. The number of nitrogens with zero attached hydrogens (tertiary/aromatic N) is 6. The van der Waals surface area contributed by atoms with Crippen LogP contribution in [-0.2, 0) is 0 Å². The summed E-state index contributed by atoms with van der Waals surface area (Å²) in [6.07, 6.45) is 4.65. The first-order valence-electron chi connectivity index (χ1n) is 11.4. The van der Waals surface area contributed by atoms with Gasteiger partial charge in [-0.3, -0.25) is 4.90 Å². The second-order valence-corrected chi connectivity index (χ2v) is 8.60. The summed E-state index contributed by atoms with van der Waals surface area (Å²) in [5.41, 5.74) is 2.22. The molecule has 7 nitrogen and oxygen atoms in total. The highest BCUT2D eigenvalue weighted by Gasteiger charge is 2.33. The van der Waals surface area contributed by atoms with Gasteiger partial charge in [-0.15, -0.1) is 5.10 Å². The maximum absolute atomic E-state index is 13.7. The molecule has 5 rings (SSSR count). The number of hydrogen-bond donors (Lipinski definition) is 0. The molecule has 1 aromatic heterocycles. The number of hydrogen-bond acceptors (Lipinski definition) is 6. The summed E-state index contributed by atoms with van der Waals surface area (Å²) in [5.74, 6) is 1.50. The number of aromatic nitrogens is 4. The maximum atomic E-state index is 13.7. The molecule has 3 aromatic rings. The molecule has 1 saturated carbocycles. The smallest absolute Gasteiger partial charge is 0.173 e. The fourth-order valence-corrected chi connectivity index (χ4v) is 4.99. The fraction of sp³-hybridized carbons (Fsp3) is 0.458. The molecular weight excluding hydrogens is 407 g/mol. The zero-order valence-corrected chi connectivity index (χ0v) is 18.4. The number of ether oxygens (including phenoxy) is 1. The van der Waals surface area contributed by atoms with E-state index in [1.165, 1.54) is 30.7 Å². The summed E-state index contributed by atoms with van der Waals surface area (Å²) in [6.45, 7) is 3.53. The van der Waals surface area contributed by atoms with E-state index in [1.54, 1.807) is 7.11 Å². The third kappa shape index (κ3) is 4.19. The third-order valence-electron chi connectivity index (χ3n) is 6.74. The second-order valence-electron chi connectivity index (χ2n) is 8.60. The van der Waals surface area contributed by atoms with Gasteiger partial charge in [0.15, 0.2) is 5.82 Å². The number of halogens is 1. The predicted molar refractivity (Wildman–Crippen MR) is 120 cm³/mol. The van der Waals surface area contributed by atoms with Gasteiger partial charge in [0.1, 0.15) is 11.6 Å². The van der Waals surface area contributed by atoms with E-state index < -0.39 is 0 Å². The van der Waals surface area contributed by atoms with E-state index in [0.717, 1.165) is 56.2 Å². The average Bonchev–Trinajstić information content (AvgIpc) is 3.53. The van der Waals surface area contributed by atoms with Crippen LogP contribution in [0.5, 0.6) is 5.75 Å². The van der Waals surface area contributed by atoms with Crippen molar-refractivity contribution in [2.45, 2.75) is 37.8 Å². The van der Waals surface area contributed by atoms with Gasteiger partial charge in [-0.1, -0.05) is 25.0 Å². The number of rotatable bonds is 6. The molecule has 0 radical (unpaired) electrons. The van der Waals surface area contributed by atoms with Crippen molar-refractivity contribution in [3.05, 3.63) is 65.7 Å². The minimum Gasteiger partial charge on any atom is -0.497 e. The number of methoxy groups -OCH3 is 1. The normalized spacial score (nSPS) is 18.8. The van der Waals surface area contributed by atoms with Crippen LogP contribution in [0.25, 0.3) is 0 Å². The van der Waals surface area contributed by atoms with Gasteiger partial charge < -0.3 is 9.64 Å². The molecule has 0 bridgehead atoms. The van der Waals surface area contributed by atoms with E-state index >= 15 is 0 Å². The Balaban J connectivity index is 1.39. The van der Waals surface area contributed by atoms with Crippen LogP contribution in [0.15, 0.2) is 48.5 Å². The van der Waals surface area contributed by atoms with Gasteiger partial charge >= 0.3 is 0 Å². The van der Waals surface area contributed by atoms with Gasteiger partial charge in [-0.2, -0.15) is 0 Å². The molecule has 1 unspecified atom stereocenters. The lowest BCUT2D eigenvalue weighted by molar-refractivity contribution is 0.197. The van der Waals surface area contributed by atoms with E-state index in [0.29, 0.717) is 6.04 Å². The highest BCUT2D eigenvalue weighted by molar-refractivity contribution is 5.49. The van der Waals surface area contributed by atoms with Crippen LogP contribution in [0.4, 0.5) is 10.1 Å². The molecule has 1 saturated heterocycles. The summed E-state index contributed by atoms with van der Waals surface area (Å²) in [4.78, 5) is 4.81. The Hall–Kier alpha value is -3.00. The lowest BCUT2D eigenvalue weighted by Crippen LogP contribution is -2.48. The van der Waals surface area contributed by atoms with Crippen LogP contribution in [0.2, 0.25) is 0 Å². The minimum absolute atomic E-state index is 0.0933. The maximum Gasteiger partial charge on any atom is 0.173 e. The molecule has 0 N–H and O–H groups in total. The Bertz CT molecular complexity index is 1010. The lowest BCUT2D eigenvalue weighted by atomic mass is 10.0. The number of tetrazole rings is 1. The highest BCUT2D eigenvalue weighted by atomic mass is 19.1. The van der Waals surface area contributed by atoms with Crippen molar-refractivity contribution in [3.8, 4) is 5.75 Å². The molecule has 2 fully saturated rings. The van der Waals surface area contributed by atoms with Crippen LogP contribution in [0.3, 0.4) is 0 Å². The second kappa shape index (κ2) is 9.24. The molecule has 0 amide bonds. The summed E-state index contributed by atoms with van der Waals surface area (Å²) in [5, 5.41) is 12.9. The predicted octanol–water partition coefficient (Wildman–Crippen LogP) is 3.85. The van der Waals surface area contributed by atoms with Gasteiger partial charge in [-0.25, -0.2) is 9.07 Å². The lowest BCUT2D eigenvalue weighted by Gasteiger charge is -2.40. The summed E-state index contributed by atoms with van der Waals surface area (Å²) in [6, 6.07) is 15.2. The van der Waals surface area contributed by atoms with Crippen molar-refractivity contribution in [1.82, 2.24) is 25.1 Å². The molecule has 2 aromatic carbocycles. The largest absolute Gasteiger partial charge is 0.497 e. The standard InChI is InChI=1S/C24H29FN6O/c1-32-22-12-10-20(11-13-22)29-14-16-30(17-15-29)23(18-6-8-19(25)9-7-18)24-26-27-28-31(24)21-4-2-3-5-21/h6-13,21,23H,2-5,14-17H2,1H3. The summed E-state index contributed by atoms with van der Waals surface area (Å²) in [7, 11) is 1.68. The molecule has 2 heterocycles. The molecule has 1 aliphatic heterocycles. The Labute approximate surface area is 187 Å². The molecule has 2 aliphatic rings. The number of piperazine rings is 1. The van der Waals surface area contributed by atoms with Gasteiger partial charge in [0.25, 0.3) is 0 Å². The first-order valence-corrected chi connectivity index (χ1v) is 11.4. The molecule has 8 heteroatoms. The SMILES string of the molecule is COc1ccc(N2CCN(C(c3ccc(F)cc3)c3nnnn3C3CCCC3)CC2)cc1. The van der Waals surface area contributed by atoms with Crippen molar-refractivity contribution < 1.29 is 9.13 Å². The summed E-state index contributed by atoms with van der Waals surface area (Å²) < 4.78 is 21.0. The van der Waals surface area contributed by atoms with Gasteiger partial charge in [0, 0.05) is 31.9 Å². The van der Waals surface area contributed by atoms with Crippen molar-refractivity contribution >= 4 is 5.69 Å². The van der Waals surface area contributed by atoms with Crippen molar-refractivity contribution in [2.24, 2.45) is 0 Å². The average molecular weight is 437 g/mol. The monoisotopic (exact) mass is 436 g/mol. The van der Waals surface area contributed by atoms with Gasteiger partial charge in [0.05, 0.1) is 19.2 Å². The zero-order chi connectivity index (χ0) is 21.9. The zero-order valence-electron chi connectivity index (χ0n) is 18.4. The van der Waals surface area contributed by atoms with Crippen LogP contribution < -0.4 is 9.64 Å². The molecule has 0 spiro atoms. The Morgan fingerprint density at radius 1 is 0.938 bits per heavy atom. The number of benzene rings is 2. The van der Waals surface area contributed by atoms with Gasteiger partial charge in [-0.05, 0) is 65.2 Å². The van der Waals surface area contributed by atoms with Crippen LogP contribution >= 0.6 is 0 Å². The van der Waals surface area contributed by atoms with Crippen molar-refractivity contribution in [3.63, 3.8) is 0 Å². The van der Waals surface area contributed by atoms with Crippen LogP contribution in [0, 0.1) is 5.82 Å². The molecule has 1 atom stereocenters. The van der Waals surface area contributed by atoms with Crippen molar-refractivity contribution in [2.75, 3.05) is 38.2 Å². The molecule has 32 heavy (non-hydrogen) atoms. The summed E-state index contributed by atoms with van der Waals surface area (Å²) >= 11 is 0. The Kier molecular flexibility index (Phi) is 6.03. The van der Waals surface area contributed by atoms with E-state index in [4.69, 9.17) is 4.74 Å². The third-order valence-corrected chi connectivity index (χ3v) is 6.74. The first kappa shape index (κ1) is 20.9. The van der Waals surface area contributed by atoms with E-state index in [9.17, 15) is 4.39 Å². The topological polar surface area (TPSA) is 59.3 Å². The molecule has 1 aliphatic carbocycles. The van der Waals surface area contributed by atoms with Crippen molar-refractivity contribution in [1.29, 1.82) is 0 Å². The quantitative estimate of drug-likeness (QED) is 0.585. The van der Waals surface area contributed by atoms with Crippen LogP contribution in [-0.4, -0.2) is 58.4 Å². The molecule has 168 valence electrons. The Morgan fingerprint density at radius 3 is 2.28 bits per heavy atom. The van der Waals surface area contributed by atoms with Gasteiger partial charge in [0.2, 0.25) is 0 Å². The van der Waals surface area contributed by atoms with E-state index in [-0.39, 0.29) is 11.9 Å². The molecular formula is C24H29FN6O. The van der Waals surface area contributed by atoms with E-state index in [2.05, 4.69) is 37.5 Å². The Morgan fingerprint density at radius 2 is 1.62 bits per heavy atom. The minimum atomic E-state index is -0.229. The van der Waals surface area contributed by atoms with E-state index in [1.807, 2.05) is 28.9 Å². The number of anilines is 1. The highest BCUT2D eigenvalue weighted by Crippen LogP contribution is 2.35. The van der Waals surface area contributed by atoms with Crippen LogP contribution in [0.1, 0.15) is 49.2 Å². The first-order chi connectivity index (χ1) is 15.7.